The maximum Gasteiger partial charge on any atom is 0.459 e. The molecule has 4 aromatic rings. The van der Waals surface area contributed by atoms with Crippen LogP contribution in [-0.4, -0.2) is 50.3 Å². The van der Waals surface area contributed by atoms with Crippen molar-refractivity contribution in [2.75, 3.05) is 12.3 Å². The standard InChI is InChI=1S/C27H35N6O6P/c1-6-36-16-23-31-24-25(21-9-7-8-10-22(21)30-26(24)28)33(23)15-18(4)38-40(35,39-20-11-13-29-14-12-20)32-19(5)27(34)37-17(2)3/h7-14,17-19H,6,15-16H2,1-5H3,(H2,28,30)(H,32,35)/t18-,19+,40?/m1/s1. The summed E-state index contributed by atoms with van der Waals surface area (Å²) in [6.45, 7) is 9.60. The van der Waals surface area contributed by atoms with Crippen LogP contribution in [0.5, 0.6) is 5.75 Å². The van der Waals surface area contributed by atoms with Gasteiger partial charge in [-0.15, -0.1) is 0 Å². The number of esters is 1. The number of imidazole rings is 1. The highest BCUT2D eigenvalue weighted by Gasteiger charge is 2.35. The molecule has 3 heterocycles. The number of ether oxygens (including phenoxy) is 2. The first-order valence-corrected chi connectivity index (χ1v) is 14.6. The Labute approximate surface area is 232 Å². The first kappa shape index (κ1) is 29.4. The number of benzene rings is 1. The van der Waals surface area contributed by atoms with Gasteiger partial charge in [-0.25, -0.2) is 14.5 Å². The number of nitrogens with one attached hydrogen (secondary N) is 1. The summed E-state index contributed by atoms with van der Waals surface area (Å²) in [4.78, 5) is 25.7. The summed E-state index contributed by atoms with van der Waals surface area (Å²) in [5.41, 5.74) is 8.31. The molecule has 13 heteroatoms. The predicted molar refractivity (Wildman–Crippen MR) is 152 cm³/mol. The van der Waals surface area contributed by atoms with Crippen molar-refractivity contribution in [1.82, 2.24) is 24.6 Å². The monoisotopic (exact) mass is 570 g/mol. The third-order valence-corrected chi connectivity index (χ3v) is 7.61. The molecule has 0 aliphatic heterocycles. The van der Waals surface area contributed by atoms with Gasteiger partial charge in [-0.05, 0) is 52.8 Å². The number of para-hydroxylation sites is 1. The molecule has 3 atom stereocenters. The van der Waals surface area contributed by atoms with Crippen LogP contribution in [0.25, 0.3) is 21.9 Å². The molecule has 1 unspecified atom stereocenters. The van der Waals surface area contributed by atoms with E-state index >= 15 is 0 Å². The lowest BCUT2D eigenvalue weighted by atomic mass is 10.2. The van der Waals surface area contributed by atoms with Gasteiger partial charge in [-0.1, -0.05) is 18.2 Å². The van der Waals surface area contributed by atoms with Gasteiger partial charge in [0, 0.05) is 24.4 Å². The van der Waals surface area contributed by atoms with Gasteiger partial charge in [0.15, 0.2) is 5.82 Å². The minimum absolute atomic E-state index is 0.225. The predicted octanol–water partition coefficient (Wildman–Crippen LogP) is 4.62. The highest BCUT2D eigenvalue weighted by atomic mass is 31.2. The molecule has 0 fully saturated rings. The van der Waals surface area contributed by atoms with Crippen molar-refractivity contribution in [1.29, 1.82) is 0 Å². The van der Waals surface area contributed by atoms with Gasteiger partial charge in [-0.3, -0.25) is 14.3 Å². The number of carbonyl (C=O) groups is 1. The molecule has 3 aromatic heterocycles. The number of anilines is 1. The van der Waals surface area contributed by atoms with Crippen LogP contribution >= 0.6 is 7.75 Å². The SMILES string of the molecule is CCOCc1nc2c(N)nc3ccccc3c2n1C[C@@H](C)OP(=O)(N[C@@H](C)C(=O)OC(C)C)Oc1ccncc1. The third-order valence-electron chi connectivity index (χ3n) is 5.82. The molecule has 214 valence electrons. The molecule has 1 aromatic carbocycles. The fraction of sp³-hybridized carbons (Fsp3) is 0.407. The molecular formula is C27H35N6O6P. The molecule has 0 amide bonds. The lowest BCUT2D eigenvalue weighted by molar-refractivity contribution is -0.149. The van der Waals surface area contributed by atoms with Gasteiger partial charge < -0.3 is 24.3 Å². The second-order valence-corrected chi connectivity index (χ2v) is 11.2. The van der Waals surface area contributed by atoms with Crippen LogP contribution in [0.2, 0.25) is 0 Å². The number of hydrogen-bond acceptors (Lipinski definition) is 10. The van der Waals surface area contributed by atoms with Gasteiger partial charge in [-0.2, -0.15) is 5.09 Å². The quantitative estimate of drug-likeness (QED) is 0.171. The smallest absolute Gasteiger partial charge is 0.459 e. The highest BCUT2D eigenvalue weighted by molar-refractivity contribution is 7.52. The molecule has 3 N–H and O–H groups in total. The maximum atomic E-state index is 14.0. The molecule has 0 aliphatic carbocycles. The summed E-state index contributed by atoms with van der Waals surface area (Å²) in [6, 6.07) is 9.74. The molecule has 0 bridgehead atoms. The topological polar surface area (TPSA) is 153 Å². The van der Waals surface area contributed by atoms with Crippen LogP contribution in [0.3, 0.4) is 0 Å². The lowest BCUT2D eigenvalue weighted by Gasteiger charge is -2.26. The van der Waals surface area contributed by atoms with Gasteiger partial charge in [0.25, 0.3) is 0 Å². The van der Waals surface area contributed by atoms with Crippen LogP contribution in [0, 0.1) is 0 Å². The fourth-order valence-electron chi connectivity index (χ4n) is 4.17. The van der Waals surface area contributed by atoms with Gasteiger partial charge >= 0.3 is 13.7 Å². The Morgan fingerprint density at radius 3 is 2.52 bits per heavy atom. The molecule has 0 spiro atoms. The first-order valence-electron chi connectivity index (χ1n) is 13.1. The van der Waals surface area contributed by atoms with E-state index in [1.165, 1.54) is 19.3 Å². The third kappa shape index (κ3) is 6.95. The number of nitrogens with two attached hydrogens (primary N) is 1. The van der Waals surface area contributed by atoms with Crippen molar-refractivity contribution >= 4 is 41.5 Å². The van der Waals surface area contributed by atoms with Crippen LogP contribution in [-0.2, 0) is 36.5 Å². The molecular weight excluding hydrogens is 535 g/mol. The van der Waals surface area contributed by atoms with Gasteiger partial charge in [0.05, 0.1) is 29.8 Å². The zero-order valence-corrected chi connectivity index (χ0v) is 24.1. The summed E-state index contributed by atoms with van der Waals surface area (Å²) in [7, 11) is -4.10. The number of fused-ring (bicyclic) bond motifs is 3. The van der Waals surface area contributed by atoms with Crippen LogP contribution in [0.1, 0.15) is 40.4 Å². The van der Waals surface area contributed by atoms with Crippen molar-refractivity contribution in [3.8, 4) is 5.75 Å². The van der Waals surface area contributed by atoms with Gasteiger partial charge in [0.1, 0.15) is 29.7 Å². The van der Waals surface area contributed by atoms with Crippen molar-refractivity contribution in [2.45, 2.75) is 66.0 Å². The number of pyridine rings is 2. The highest BCUT2D eigenvalue weighted by Crippen LogP contribution is 2.46. The summed E-state index contributed by atoms with van der Waals surface area (Å²) >= 11 is 0. The van der Waals surface area contributed by atoms with E-state index in [9.17, 15) is 9.36 Å². The second-order valence-electron chi connectivity index (χ2n) is 9.51. The Balaban J connectivity index is 1.68. The van der Waals surface area contributed by atoms with E-state index < -0.39 is 25.9 Å². The number of carbonyl (C=O) groups excluding carboxylic acids is 1. The van der Waals surface area contributed by atoms with E-state index in [1.807, 2.05) is 35.8 Å². The molecule has 0 aliphatic rings. The molecule has 0 saturated carbocycles. The lowest BCUT2D eigenvalue weighted by Crippen LogP contribution is -2.37. The van der Waals surface area contributed by atoms with E-state index in [4.69, 9.17) is 29.2 Å². The molecule has 4 rings (SSSR count). The number of hydrogen-bond donors (Lipinski definition) is 2. The van der Waals surface area contributed by atoms with E-state index in [0.29, 0.717) is 23.8 Å². The number of nitrogens with zero attached hydrogens (tertiary/aromatic N) is 4. The van der Waals surface area contributed by atoms with Crippen LogP contribution in [0.15, 0.2) is 48.8 Å². The van der Waals surface area contributed by atoms with E-state index in [0.717, 1.165) is 16.4 Å². The summed E-state index contributed by atoms with van der Waals surface area (Å²) in [5, 5.41) is 3.57. The number of nitrogen functional groups attached to an aromatic ring is 1. The van der Waals surface area contributed by atoms with Gasteiger partial charge in [0.2, 0.25) is 0 Å². The number of rotatable bonds is 13. The largest absolute Gasteiger partial charge is 0.462 e. The minimum Gasteiger partial charge on any atom is -0.462 e. The van der Waals surface area contributed by atoms with Crippen molar-refractivity contribution in [3.63, 3.8) is 0 Å². The van der Waals surface area contributed by atoms with Crippen LogP contribution < -0.4 is 15.3 Å². The summed E-state index contributed by atoms with van der Waals surface area (Å²) in [6.07, 6.45) is 1.98. The van der Waals surface area contributed by atoms with E-state index in [2.05, 4.69) is 15.1 Å². The Hall–Kier alpha value is -3.57. The second kappa shape index (κ2) is 12.7. The van der Waals surface area contributed by atoms with E-state index in [-0.39, 0.29) is 25.0 Å². The fourth-order valence-corrected chi connectivity index (χ4v) is 5.85. The molecule has 0 radical (unpaired) electrons. The van der Waals surface area contributed by atoms with Crippen molar-refractivity contribution in [3.05, 3.63) is 54.6 Å². The Bertz CT molecular complexity index is 1510. The zero-order chi connectivity index (χ0) is 28.9. The number of aromatic nitrogens is 4. The minimum atomic E-state index is -4.10. The summed E-state index contributed by atoms with van der Waals surface area (Å²) < 4.78 is 38.8. The molecule has 12 nitrogen and oxygen atoms in total. The Kier molecular flexibility index (Phi) is 9.36. The van der Waals surface area contributed by atoms with E-state index in [1.54, 1.807) is 32.9 Å². The maximum absolute atomic E-state index is 14.0. The van der Waals surface area contributed by atoms with Crippen LogP contribution in [0.4, 0.5) is 5.82 Å². The Morgan fingerprint density at radius 2 is 1.82 bits per heavy atom. The molecule has 40 heavy (non-hydrogen) atoms. The average molecular weight is 571 g/mol. The van der Waals surface area contributed by atoms with Crippen molar-refractivity contribution in [2.24, 2.45) is 0 Å². The molecule has 0 saturated heterocycles. The Morgan fingerprint density at radius 1 is 1.10 bits per heavy atom. The normalized spacial score (nSPS) is 14.8. The zero-order valence-electron chi connectivity index (χ0n) is 23.2. The first-order chi connectivity index (χ1) is 19.1. The summed E-state index contributed by atoms with van der Waals surface area (Å²) in [5.74, 6) is 0.588. The van der Waals surface area contributed by atoms with Crippen molar-refractivity contribution < 1.29 is 27.9 Å². The average Bonchev–Trinajstić information content (AvgIpc) is 3.26.